The van der Waals surface area contributed by atoms with Gasteiger partial charge in [-0.1, -0.05) is 18.2 Å². The minimum Gasteiger partial charge on any atom is -0.492 e. The number of aryl methyl sites for hydroxylation is 1. The first-order chi connectivity index (χ1) is 8.77. The van der Waals surface area contributed by atoms with Crippen LogP contribution in [0.25, 0.3) is 0 Å². The van der Waals surface area contributed by atoms with E-state index in [1.807, 2.05) is 43.3 Å². The van der Waals surface area contributed by atoms with Gasteiger partial charge >= 0.3 is 0 Å². The molecule has 1 heterocycles. The number of hydrogen-bond acceptors (Lipinski definition) is 3. The van der Waals surface area contributed by atoms with Crippen molar-refractivity contribution in [1.82, 2.24) is 4.98 Å². The number of nitrogens with zero attached hydrogens (tertiary/aromatic N) is 1. The number of para-hydroxylation sites is 1. The van der Waals surface area contributed by atoms with E-state index in [1.165, 1.54) is 0 Å². The largest absolute Gasteiger partial charge is 0.492 e. The lowest BCUT2D eigenvalue weighted by Gasteiger charge is -2.10. The summed E-state index contributed by atoms with van der Waals surface area (Å²) in [5, 5.41) is 3.24. The van der Waals surface area contributed by atoms with Crippen molar-refractivity contribution in [3.8, 4) is 5.75 Å². The quantitative estimate of drug-likeness (QED) is 0.856. The van der Waals surface area contributed by atoms with Gasteiger partial charge in [-0.25, -0.2) is 4.98 Å². The average molecular weight is 307 g/mol. The predicted molar refractivity (Wildman–Crippen MR) is 77.1 cm³/mol. The molecule has 0 amide bonds. The topological polar surface area (TPSA) is 34.2 Å². The van der Waals surface area contributed by atoms with Crippen LogP contribution in [0.4, 0.5) is 5.82 Å². The Morgan fingerprint density at radius 2 is 2.00 bits per heavy atom. The van der Waals surface area contributed by atoms with Crippen molar-refractivity contribution < 1.29 is 4.74 Å². The Morgan fingerprint density at radius 3 is 2.78 bits per heavy atom. The summed E-state index contributed by atoms with van der Waals surface area (Å²) in [6.45, 7) is 3.35. The van der Waals surface area contributed by atoms with Gasteiger partial charge in [-0.3, -0.25) is 0 Å². The number of aromatic nitrogens is 1. The third-order valence-electron chi connectivity index (χ3n) is 2.49. The molecule has 2 rings (SSSR count). The molecular weight excluding hydrogens is 292 g/mol. The standard InChI is InChI=1S/C14H15BrN2O/c1-11-7-8-16-14(13(11)15)17-9-10-18-12-5-3-2-4-6-12/h2-8H,9-10H2,1H3,(H,16,17). The number of pyridine rings is 1. The number of halogens is 1. The molecule has 94 valence electrons. The second kappa shape index (κ2) is 6.40. The van der Waals surface area contributed by atoms with Crippen molar-refractivity contribution >= 4 is 21.7 Å². The predicted octanol–water partition coefficient (Wildman–Crippen LogP) is 3.64. The first-order valence-electron chi connectivity index (χ1n) is 5.80. The summed E-state index contributed by atoms with van der Waals surface area (Å²) >= 11 is 3.51. The number of hydrogen-bond donors (Lipinski definition) is 1. The van der Waals surface area contributed by atoms with E-state index in [9.17, 15) is 0 Å². The van der Waals surface area contributed by atoms with Crippen LogP contribution in [0.1, 0.15) is 5.56 Å². The fourth-order valence-corrected chi connectivity index (χ4v) is 1.89. The molecule has 4 heteroatoms. The zero-order chi connectivity index (χ0) is 12.8. The molecule has 1 aromatic carbocycles. The zero-order valence-electron chi connectivity index (χ0n) is 10.2. The van der Waals surface area contributed by atoms with Crippen LogP contribution in [0.3, 0.4) is 0 Å². The molecule has 1 aromatic heterocycles. The summed E-state index contributed by atoms with van der Waals surface area (Å²) in [6, 6.07) is 11.7. The molecule has 0 aliphatic heterocycles. The van der Waals surface area contributed by atoms with Gasteiger partial charge in [0.2, 0.25) is 0 Å². The Hall–Kier alpha value is -1.55. The molecule has 18 heavy (non-hydrogen) atoms. The Morgan fingerprint density at radius 1 is 1.22 bits per heavy atom. The molecule has 0 aliphatic rings. The lowest BCUT2D eigenvalue weighted by atomic mass is 10.3. The van der Waals surface area contributed by atoms with Crippen LogP contribution in [0, 0.1) is 6.92 Å². The molecule has 0 radical (unpaired) electrons. The Balaban J connectivity index is 1.81. The highest BCUT2D eigenvalue weighted by molar-refractivity contribution is 9.10. The van der Waals surface area contributed by atoms with Crippen molar-refractivity contribution in [3.05, 3.63) is 52.6 Å². The third kappa shape index (κ3) is 3.47. The summed E-state index contributed by atoms with van der Waals surface area (Å²) < 4.78 is 6.60. The van der Waals surface area contributed by atoms with Crippen LogP contribution < -0.4 is 10.1 Å². The summed E-state index contributed by atoms with van der Waals surface area (Å²) in [5.74, 6) is 1.74. The van der Waals surface area contributed by atoms with Crippen LogP contribution in [0.2, 0.25) is 0 Å². The number of rotatable bonds is 5. The van der Waals surface area contributed by atoms with E-state index in [0.717, 1.165) is 21.6 Å². The molecule has 0 spiro atoms. The smallest absolute Gasteiger partial charge is 0.140 e. The molecule has 0 saturated heterocycles. The second-order valence-corrected chi connectivity index (χ2v) is 4.67. The van der Waals surface area contributed by atoms with E-state index in [4.69, 9.17) is 4.74 Å². The second-order valence-electron chi connectivity index (χ2n) is 3.88. The summed E-state index contributed by atoms with van der Waals surface area (Å²) in [6.07, 6.45) is 1.79. The Bertz CT molecular complexity index is 502. The Kier molecular flexibility index (Phi) is 4.59. The van der Waals surface area contributed by atoms with Crippen molar-refractivity contribution in [3.63, 3.8) is 0 Å². The van der Waals surface area contributed by atoms with Crippen LogP contribution >= 0.6 is 15.9 Å². The first-order valence-corrected chi connectivity index (χ1v) is 6.59. The fraction of sp³-hybridized carbons (Fsp3) is 0.214. The van der Waals surface area contributed by atoms with E-state index in [2.05, 4.69) is 26.2 Å². The van der Waals surface area contributed by atoms with Gasteiger partial charge in [-0.15, -0.1) is 0 Å². The molecule has 0 atom stereocenters. The van der Waals surface area contributed by atoms with E-state index < -0.39 is 0 Å². The molecule has 0 saturated carbocycles. The minimum absolute atomic E-state index is 0.603. The lowest BCUT2D eigenvalue weighted by molar-refractivity contribution is 0.332. The molecule has 0 fully saturated rings. The monoisotopic (exact) mass is 306 g/mol. The normalized spacial score (nSPS) is 10.1. The van der Waals surface area contributed by atoms with Gasteiger partial charge in [-0.2, -0.15) is 0 Å². The zero-order valence-corrected chi connectivity index (χ0v) is 11.8. The van der Waals surface area contributed by atoms with Crippen molar-refractivity contribution in [2.24, 2.45) is 0 Å². The van der Waals surface area contributed by atoms with Crippen LogP contribution in [0.5, 0.6) is 5.75 Å². The molecule has 1 N–H and O–H groups in total. The van der Waals surface area contributed by atoms with E-state index in [0.29, 0.717) is 13.2 Å². The van der Waals surface area contributed by atoms with Gasteiger partial charge in [0.05, 0.1) is 11.0 Å². The summed E-state index contributed by atoms with van der Waals surface area (Å²) in [7, 11) is 0. The highest BCUT2D eigenvalue weighted by atomic mass is 79.9. The first kappa shape index (κ1) is 12.9. The van der Waals surface area contributed by atoms with E-state index >= 15 is 0 Å². The molecule has 3 nitrogen and oxygen atoms in total. The maximum absolute atomic E-state index is 5.59. The fourth-order valence-electron chi connectivity index (χ4n) is 1.52. The maximum atomic E-state index is 5.59. The molecule has 0 bridgehead atoms. The van der Waals surface area contributed by atoms with E-state index in [1.54, 1.807) is 6.20 Å². The molecule has 0 aliphatic carbocycles. The van der Waals surface area contributed by atoms with E-state index in [-0.39, 0.29) is 0 Å². The van der Waals surface area contributed by atoms with Gasteiger partial charge < -0.3 is 10.1 Å². The summed E-state index contributed by atoms with van der Waals surface area (Å²) in [4.78, 5) is 4.27. The van der Waals surface area contributed by atoms with Gasteiger partial charge in [0.25, 0.3) is 0 Å². The highest BCUT2D eigenvalue weighted by Crippen LogP contribution is 2.22. The summed E-state index contributed by atoms with van der Waals surface area (Å²) in [5.41, 5.74) is 1.16. The van der Waals surface area contributed by atoms with Crippen LogP contribution in [0.15, 0.2) is 47.1 Å². The minimum atomic E-state index is 0.603. The Labute approximate surface area is 115 Å². The number of ether oxygens (including phenoxy) is 1. The SMILES string of the molecule is Cc1ccnc(NCCOc2ccccc2)c1Br. The van der Waals surface area contributed by atoms with Crippen LogP contribution in [-0.4, -0.2) is 18.1 Å². The van der Waals surface area contributed by atoms with Gasteiger partial charge in [0.1, 0.15) is 18.2 Å². The highest BCUT2D eigenvalue weighted by Gasteiger charge is 2.02. The molecular formula is C14H15BrN2O. The van der Waals surface area contributed by atoms with Crippen molar-refractivity contribution in [2.75, 3.05) is 18.5 Å². The van der Waals surface area contributed by atoms with Gasteiger partial charge in [-0.05, 0) is 46.6 Å². The third-order valence-corrected chi connectivity index (χ3v) is 3.49. The molecule has 2 aromatic rings. The molecule has 0 unspecified atom stereocenters. The van der Waals surface area contributed by atoms with Gasteiger partial charge in [0.15, 0.2) is 0 Å². The van der Waals surface area contributed by atoms with Crippen LogP contribution in [-0.2, 0) is 0 Å². The number of anilines is 1. The average Bonchev–Trinajstić information content (AvgIpc) is 2.40. The number of nitrogens with one attached hydrogen (secondary N) is 1. The van der Waals surface area contributed by atoms with Crippen molar-refractivity contribution in [1.29, 1.82) is 0 Å². The number of benzene rings is 1. The van der Waals surface area contributed by atoms with Gasteiger partial charge in [0, 0.05) is 6.20 Å². The lowest BCUT2D eigenvalue weighted by Crippen LogP contribution is -2.12. The van der Waals surface area contributed by atoms with Crippen molar-refractivity contribution in [2.45, 2.75) is 6.92 Å². The maximum Gasteiger partial charge on any atom is 0.140 e.